The highest BCUT2D eigenvalue weighted by Crippen LogP contribution is 2.20. The Hall–Kier alpha value is 0.0700. The molecule has 1 atom stereocenters. The van der Waals surface area contributed by atoms with E-state index in [9.17, 15) is 0 Å². The van der Waals surface area contributed by atoms with Crippen molar-refractivity contribution in [3.8, 4) is 0 Å². The van der Waals surface area contributed by atoms with Gasteiger partial charge in [0.1, 0.15) is 5.76 Å². The number of thioether (sulfide) groups is 1. The molecule has 0 saturated heterocycles. The zero-order valence-corrected chi connectivity index (χ0v) is 8.61. The minimum absolute atomic E-state index is 0.0105. The third-order valence-electron chi connectivity index (χ3n) is 1.31. The maximum atomic E-state index is 5.78. The van der Waals surface area contributed by atoms with Crippen LogP contribution in [0.25, 0.3) is 0 Å². The van der Waals surface area contributed by atoms with Crippen LogP contribution in [0.15, 0.2) is 21.2 Å². The molecular formula is C7H10BrNOS. The molecule has 2 nitrogen and oxygen atoms in total. The summed E-state index contributed by atoms with van der Waals surface area (Å²) in [6.45, 7) is 0. The summed E-state index contributed by atoms with van der Waals surface area (Å²) in [7, 11) is 0. The molecule has 2 N–H and O–H groups in total. The van der Waals surface area contributed by atoms with E-state index in [1.54, 1.807) is 11.8 Å². The van der Waals surface area contributed by atoms with Crippen molar-refractivity contribution in [3.05, 3.63) is 22.6 Å². The molecule has 0 aliphatic rings. The van der Waals surface area contributed by atoms with Crippen molar-refractivity contribution in [1.29, 1.82) is 0 Å². The Kier molecular flexibility index (Phi) is 3.48. The lowest BCUT2D eigenvalue weighted by Crippen LogP contribution is -2.11. The van der Waals surface area contributed by atoms with Gasteiger partial charge in [-0.05, 0) is 34.3 Å². The summed E-state index contributed by atoms with van der Waals surface area (Å²) < 4.78 is 6.02. The molecule has 0 aliphatic carbocycles. The van der Waals surface area contributed by atoms with Crippen molar-refractivity contribution in [3.63, 3.8) is 0 Å². The molecule has 0 aromatic carbocycles. The first-order valence-electron chi connectivity index (χ1n) is 3.24. The Labute approximate surface area is 78.7 Å². The first kappa shape index (κ1) is 9.16. The molecule has 1 rings (SSSR count). The van der Waals surface area contributed by atoms with Gasteiger partial charge < -0.3 is 10.2 Å². The van der Waals surface area contributed by atoms with Crippen LogP contribution >= 0.6 is 27.7 Å². The van der Waals surface area contributed by atoms with Gasteiger partial charge in [-0.2, -0.15) is 11.8 Å². The van der Waals surface area contributed by atoms with E-state index in [0.29, 0.717) is 0 Å². The van der Waals surface area contributed by atoms with Crippen LogP contribution in [0, 0.1) is 0 Å². The Balaban J connectivity index is 2.60. The van der Waals surface area contributed by atoms with Crippen LogP contribution in [0.4, 0.5) is 0 Å². The maximum absolute atomic E-state index is 5.78. The second-order valence-corrected chi connectivity index (χ2v) is 3.90. The van der Waals surface area contributed by atoms with Crippen molar-refractivity contribution in [2.75, 3.05) is 12.0 Å². The fourth-order valence-corrected chi connectivity index (χ4v) is 1.63. The fourth-order valence-electron chi connectivity index (χ4n) is 0.789. The summed E-state index contributed by atoms with van der Waals surface area (Å²) in [5.41, 5.74) is 5.78. The van der Waals surface area contributed by atoms with Gasteiger partial charge in [-0.3, -0.25) is 0 Å². The van der Waals surface area contributed by atoms with Gasteiger partial charge in [-0.25, -0.2) is 0 Å². The summed E-state index contributed by atoms with van der Waals surface area (Å²) in [6.07, 6.45) is 2.03. The molecule has 11 heavy (non-hydrogen) atoms. The molecule has 4 heteroatoms. The zero-order chi connectivity index (χ0) is 8.27. The second kappa shape index (κ2) is 4.18. The molecule has 1 aromatic rings. The van der Waals surface area contributed by atoms with E-state index in [2.05, 4.69) is 15.9 Å². The van der Waals surface area contributed by atoms with Crippen LogP contribution in [0.3, 0.4) is 0 Å². The second-order valence-electron chi connectivity index (χ2n) is 2.20. The third-order valence-corrected chi connectivity index (χ3v) is 2.42. The summed E-state index contributed by atoms with van der Waals surface area (Å²) in [5, 5.41) is 0. The van der Waals surface area contributed by atoms with E-state index in [4.69, 9.17) is 10.2 Å². The standard InChI is InChI=1S/C7H10BrNOS/c1-11-4-5(9)6-2-3-7(8)10-6/h2-3,5H,4,9H2,1H3. The molecule has 0 aliphatic heterocycles. The number of hydrogen-bond donors (Lipinski definition) is 1. The van der Waals surface area contributed by atoms with E-state index in [1.807, 2.05) is 18.4 Å². The van der Waals surface area contributed by atoms with Gasteiger partial charge in [0.05, 0.1) is 6.04 Å². The predicted molar refractivity (Wildman–Crippen MR) is 51.7 cm³/mol. The van der Waals surface area contributed by atoms with Gasteiger partial charge in [0.15, 0.2) is 4.67 Å². The molecule has 0 saturated carbocycles. The number of nitrogens with two attached hydrogens (primary N) is 1. The van der Waals surface area contributed by atoms with E-state index in [0.717, 1.165) is 16.2 Å². The van der Waals surface area contributed by atoms with E-state index >= 15 is 0 Å². The molecule has 0 radical (unpaired) electrons. The van der Waals surface area contributed by atoms with E-state index in [1.165, 1.54) is 0 Å². The Bertz CT molecular complexity index is 226. The minimum atomic E-state index is 0.0105. The van der Waals surface area contributed by atoms with Crippen LogP contribution in [-0.2, 0) is 0 Å². The SMILES string of the molecule is CSCC(N)c1ccc(Br)o1. The number of rotatable bonds is 3. The van der Waals surface area contributed by atoms with Gasteiger partial charge in [0.25, 0.3) is 0 Å². The third kappa shape index (κ3) is 2.54. The number of furan rings is 1. The highest BCUT2D eigenvalue weighted by molar-refractivity contribution is 9.10. The van der Waals surface area contributed by atoms with Crippen molar-refractivity contribution in [2.24, 2.45) is 5.73 Å². The normalized spacial score (nSPS) is 13.4. The van der Waals surface area contributed by atoms with Crippen LogP contribution < -0.4 is 5.73 Å². The maximum Gasteiger partial charge on any atom is 0.169 e. The van der Waals surface area contributed by atoms with Gasteiger partial charge in [-0.15, -0.1) is 0 Å². The number of halogens is 1. The van der Waals surface area contributed by atoms with Crippen molar-refractivity contribution in [2.45, 2.75) is 6.04 Å². The van der Waals surface area contributed by atoms with Crippen LogP contribution in [0.2, 0.25) is 0 Å². The molecule has 0 bridgehead atoms. The molecule has 1 aromatic heterocycles. The molecule has 0 spiro atoms. The minimum Gasteiger partial charge on any atom is -0.453 e. The molecule has 0 fully saturated rings. The quantitative estimate of drug-likeness (QED) is 0.875. The first-order valence-corrected chi connectivity index (χ1v) is 5.42. The highest BCUT2D eigenvalue weighted by Gasteiger charge is 2.08. The van der Waals surface area contributed by atoms with E-state index in [-0.39, 0.29) is 6.04 Å². The van der Waals surface area contributed by atoms with Gasteiger partial charge in [0, 0.05) is 5.75 Å². The summed E-state index contributed by atoms with van der Waals surface area (Å²) in [6, 6.07) is 3.76. The van der Waals surface area contributed by atoms with Crippen LogP contribution in [0.1, 0.15) is 11.8 Å². The zero-order valence-electron chi connectivity index (χ0n) is 6.21. The predicted octanol–water partition coefficient (Wildman–Crippen LogP) is 2.40. The van der Waals surface area contributed by atoms with E-state index < -0.39 is 0 Å². The Morgan fingerprint density at radius 2 is 2.45 bits per heavy atom. The largest absolute Gasteiger partial charge is 0.453 e. The molecule has 0 amide bonds. The Morgan fingerprint density at radius 1 is 1.73 bits per heavy atom. The molecule has 1 heterocycles. The average molecular weight is 236 g/mol. The van der Waals surface area contributed by atoms with Gasteiger partial charge >= 0.3 is 0 Å². The lowest BCUT2D eigenvalue weighted by atomic mass is 10.3. The van der Waals surface area contributed by atoms with Crippen molar-refractivity contribution >= 4 is 27.7 Å². The summed E-state index contributed by atoms with van der Waals surface area (Å²) in [5.74, 6) is 1.73. The van der Waals surface area contributed by atoms with Gasteiger partial charge in [0.2, 0.25) is 0 Å². The van der Waals surface area contributed by atoms with Crippen molar-refractivity contribution < 1.29 is 4.42 Å². The van der Waals surface area contributed by atoms with Crippen LogP contribution in [-0.4, -0.2) is 12.0 Å². The van der Waals surface area contributed by atoms with Crippen molar-refractivity contribution in [1.82, 2.24) is 0 Å². The first-order chi connectivity index (χ1) is 5.24. The monoisotopic (exact) mass is 235 g/mol. The van der Waals surface area contributed by atoms with Crippen LogP contribution in [0.5, 0.6) is 0 Å². The topological polar surface area (TPSA) is 39.2 Å². The summed E-state index contributed by atoms with van der Waals surface area (Å²) in [4.78, 5) is 0. The molecular weight excluding hydrogens is 226 g/mol. The fraction of sp³-hybridized carbons (Fsp3) is 0.429. The van der Waals surface area contributed by atoms with Gasteiger partial charge in [-0.1, -0.05) is 0 Å². The smallest absolute Gasteiger partial charge is 0.169 e. The highest BCUT2D eigenvalue weighted by atomic mass is 79.9. The molecule has 1 unspecified atom stereocenters. The summed E-state index contributed by atoms with van der Waals surface area (Å²) >= 11 is 4.94. The Morgan fingerprint density at radius 3 is 2.91 bits per heavy atom. The lowest BCUT2D eigenvalue weighted by molar-refractivity contribution is 0.463. The average Bonchev–Trinajstić information content (AvgIpc) is 2.36. The lowest BCUT2D eigenvalue weighted by Gasteiger charge is -2.04. The molecule has 62 valence electrons. The number of hydrogen-bond acceptors (Lipinski definition) is 3.